The molecule has 0 aliphatic rings. The highest BCUT2D eigenvalue weighted by atomic mass is 32.1. The Kier molecular flexibility index (Phi) is 4.08. The molecule has 3 aromatic heterocycles. The molecule has 0 spiro atoms. The molecular formula is C15H15N3S2. The first-order valence-corrected chi connectivity index (χ1v) is 8.32. The Hall–Kier alpha value is -1.72. The average Bonchev–Trinajstić information content (AvgIpc) is 3.16. The molecule has 0 atom stereocenters. The zero-order valence-corrected chi connectivity index (χ0v) is 12.8. The van der Waals surface area contributed by atoms with Gasteiger partial charge < -0.3 is 5.32 Å². The van der Waals surface area contributed by atoms with Crippen LogP contribution >= 0.6 is 22.7 Å². The Balaban J connectivity index is 1.96. The van der Waals surface area contributed by atoms with Gasteiger partial charge >= 0.3 is 0 Å². The fourth-order valence-electron chi connectivity index (χ4n) is 1.95. The SMILES string of the molecule is CCCNc1ncc(-c2cccnc2-c2ccsc2)s1. The van der Waals surface area contributed by atoms with Gasteiger partial charge in [0.2, 0.25) is 0 Å². The lowest BCUT2D eigenvalue weighted by atomic mass is 10.1. The van der Waals surface area contributed by atoms with Gasteiger partial charge in [-0.2, -0.15) is 11.3 Å². The number of nitrogens with one attached hydrogen (secondary N) is 1. The van der Waals surface area contributed by atoms with E-state index >= 15 is 0 Å². The van der Waals surface area contributed by atoms with Gasteiger partial charge in [-0.15, -0.1) is 0 Å². The van der Waals surface area contributed by atoms with Crippen molar-refractivity contribution < 1.29 is 0 Å². The van der Waals surface area contributed by atoms with Gasteiger partial charge in [-0.3, -0.25) is 4.98 Å². The van der Waals surface area contributed by atoms with E-state index in [1.54, 1.807) is 22.7 Å². The predicted octanol–water partition coefficient (Wildman–Crippen LogP) is 4.76. The summed E-state index contributed by atoms with van der Waals surface area (Å²) in [7, 11) is 0. The molecule has 3 rings (SSSR count). The Morgan fingerprint density at radius 2 is 2.20 bits per heavy atom. The Morgan fingerprint density at radius 1 is 1.25 bits per heavy atom. The summed E-state index contributed by atoms with van der Waals surface area (Å²) >= 11 is 3.37. The van der Waals surface area contributed by atoms with E-state index in [0.717, 1.165) is 34.2 Å². The van der Waals surface area contributed by atoms with Crippen LogP contribution in [0.15, 0.2) is 41.4 Å². The second-order valence-corrected chi connectivity index (χ2v) is 6.18. The Morgan fingerprint density at radius 3 is 3.00 bits per heavy atom. The normalized spacial score (nSPS) is 10.7. The van der Waals surface area contributed by atoms with Gasteiger partial charge in [0.25, 0.3) is 0 Å². The van der Waals surface area contributed by atoms with Crippen molar-refractivity contribution in [2.24, 2.45) is 0 Å². The predicted molar refractivity (Wildman–Crippen MR) is 87.4 cm³/mol. The third-order valence-corrected chi connectivity index (χ3v) is 4.57. The fourth-order valence-corrected chi connectivity index (χ4v) is 3.45. The Bertz CT molecular complexity index is 674. The van der Waals surface area contributed by atoms with Crippen LogP contribution in [0.5, 0.6) is 0 Å². The van der Waals surface area contributed by atoms with Crippen molar-refractivity contribution in [1.82, 2.24) is 9.97 Å². The number of rotatable bonds is 5. The van der Waals surface area contributed by atoms with Gasteiger partial charge in [0.1, 0.15) is 0 Å². The van der Waals surface area contributed by atoms with E-state index in [1.807, 2.05) is 18.5 Å². The minimum absolute atomic E-state index is 0.956. The fraction of sp³-hybridized carbons (Fsp3) is 0.200. The van der Waals surface area contributed by atoms with Gasteiger partial charge in [-0.25, -0.2) is 4.98 Å². The summed E-state index contributed by atoms with van der Waals surface area (Å²) in [5.74, 6) is 0. The second kappa shape index (κ2) is 6.15. The number of anilines is 1. The highest BCUT2D eigenvalue weighted by molar-refractivity contribution is 7.18. The van der Waals surface area contributed by atoms with E-state index in [2.05, 4.69) is 45.1 Å². The summed E-state index contributed by atoms with van der Waals surface area (Å²) in [5.41, 5.74) is 3.34. The lowest BCUT2D eigenvalue weighted by Crippen LogP contribution is -1.97. The van der Waals surface area contributed by atoms with E-state index in [4.69, 9.17) is 0 Å². The second-order valence-electron chi connectivity index (χ2n) is 4.37. The van der Waals surface area contributed by atoms with Crippen molar-refractivity contribution >= 4 is 27.8 Å². The minimum atomic E-state index is 0.956. The van der Waals surface area contributed by atoms with Crippen LogP contribution in [0.4, 0.5) is 5.13 Å². The third kappa shape index (κ3) is 2.73. The molecule has 0 fully saturated rings. The lowest BCUT2D eigenvalue weighted by Gasteiger charge is -2.04. The van der Waals surface area contributed by atoms with Crippen LogP contribution in [0.2, 0.25) is 0 Å². The largest absolute Gasteiger partial charge is 0.362 e. The molecule has 0 aromatic carbocycles. The van der Waals surface area contributed by atoms with E-state index in [0.29, 0.717) is 0 Å². The van der Waals surface area contributed by atoms with Gasteiger partial charge in [0.05, 0.1) is 10.6 Å². The first kappa shape index (κ1) is 13.3. The maximum Gasteiger partial charge on any atom is 0.183 e. The molecule has 0 radical (unpaired) electrons. The molecule has 1 N–H and O–H groups in total. The zero-order chi connectivity index (χ0) is 13.8. The van der Waals surface area contributed by atoms with Crippen molar-refractivity contribution in [1.29, 1.82) is 0 Å². The molecule has 5 heteroatoms. The third-order valence-electron chi connectivity index (χ3n) is 2.90. The van der Waals surface area contributed by atoms with E-state index in [1.165, 1.54) is 5.56 Å². The number of pyridine rings is 1. The van der Waals surface area contributed by atoms with E-state index < -0.39 is 0 Å². The van der Waals surface area contributed by atoms with Crippen LogP contribution in [-0.4, -0.2) is 16.5 Å². The van der Waals surface area contributed by atoms with Gasteiger partial charge in [-0.1, -0.05) is 18.3 Å². The molecule has 0 aliphatic carbocycles. The number of aromatic nitrogens is 2. The summed E-state index contributed by atoms with van der Waals surface area (Å²) in [6.07, 6.45) is 4.87. The summed E-state index contributed by atoms with van der Waals surface area (Å²) < 4.78 is 0. The Labute approximate surface area is 126 Å². The van der Waals surface area contributed by atoms with Crippen LogP contribution in [0.1, 0.15) is 13.3 Å². The molecule has 0 bridgehead atoms. The first-order valence-electron chi connectivity index (χ1n) is 6.56. The van der Waals surface area contributed by atoms with E-state index in [9.17, 15) is 0 Å². The maximum absolute atomic E-state index is 4.53. The highest BCUT2D eigenvalue weighted by Crippen LogP contribution is 2.35. The van der Waals surface area contributed by atoms with Crippen molar-refractivity contribution in [3.63, 3.8) is 0 Å². The smallest absolute Gasteiger partial charge is 0.183 e. The number of thiophene rings is 1. The minimum Gasteiger partial charge on any atom is -0.362 e. The number of thiazole rings is 1. The standard InChI is InChI=1S/C15H15N3S2/c1-2-6-17-15-18-9-13(20-15)12-4-3-7-16-14(12)11-5-8-19-10-11/h3-5,7-10H,2,6H2,1H3,(H,17,18). The van der Waals surface area contributed by atoms with Crippen LogP contribution in [-0.2, 0) is 0 Å². The van der Waals surface area contributed by atoms with E-state index in [-0.39, 0.29) is 0 Å². The quantitative estimate of drug-likeness (QED) is 0.738. The maximum atomic E-state index is 4.53. The van der Waals surface area contributed by atoms with Crippen LogP contribution < -0.4 is 5.32 Å². The van der Waals surface area contributed by atoms with Crippen LogP contribution in [0.3, 0.4) is 0 Å². The molecule has 3 heterocycles. The van der Waals surface area contributed by atoms with Crippen molar-refractivity contribution in [3.8, 4) is 21.7 Å². The summed E-state index contributed by atoms with van der Waals surface area (Å²) in [6.45, 7) is 3.11. The molecule has 102 valence electrons. The molecule has 0 aliphatic heterocycles. The van der Waals surface area contributed by atoms with Crippen molar-refractivity contribution in [2.75, 3.05) is 11.9 Å². The van der Waals surface area contributed by atoms with Crippen molar-refractivity contribution in [2.45, 2.75) is 13.3 Å². The highest BCUT2D eigenvalue weighted by Gasteiger charge is 2.11. The average molecular weight is 301 g/mol. The van der Waals surface area contributed by atoms with Crippen LogP contribution in [0, 0.1) is 0 Å². The van der Waals surface area contributed by atoms with Crippen LogP contribution in [0.25, 0.3) is 21.7 Å². The van der Waals surface area contributed by atoms with Gasteiger partial charge in [-0.05, 0) is 30.0 Å². The molecule has 3 aromatic rings. The number of hydrogen-bond donors (Lipinski definition) is 1. The lowest BCUT2D eigenvalue weighted by molar-refractivity contribution is 0.976. The zero-order valence-electron chi connectivity index (χ0n) is 11.2. The number of hydrogen-bond acceptors (Lipinski definition) is 5. The molecular weight excluding hydrogens is 286 g/mol. The monoisotopic (exact) mass is 301 g/mol. The van der Waals surface area contributed by atoms with Crippen molar-refractivity contribution in [3.05, 3.63) is 41.4 Å². The summed E-state index contributed by atoms with van der Waals surface area (Å²) in [6, 6.07) is 6.19. The molecule has 20 heavy (non-hydrogen) atoms. The topological polar surface area (TPSA) is 37.8 Å². The molecule has 3 nitrogen and oxygen atoms in total. The first-order chi connectivity index (χ1) is 9.88. The molecule has 0 saturated carbocycles. The summed E-state index contributed by atoms with van der Waals surface area (Å²) in [5, 5.41) is 8.51. The molecule has 0 unspecified atom stereocenters. The molecule has 0 saturated heterocycles. The van der Waals surface area contributed by atoms with Gasteiger partial charge in [0.15, 0.2) is 5.13 Å². The number of nitrogens with zero attached hydrogens (tertiary/aromatic N) is 2. The summed E-state index contributed by atoms with van der Waals surface area (Å²) in [4.78, 5) is 10.1. The van der Waals surface area contributed by atoms with Gasteiger partial charge in [0, 0.05) is 35.4 Å². The molecule has 0 amide bonds.